The lowest BCUT2D eigenvalue weighted by molar-refractivity contribution is -0.224. The Bertz CT molecular complexity index is 1110. The van der Waals surface area contributed by atoms with Gasteiger partial charge in [-0.05, 0) is 31.4 Å². The SMILES string of the molecule is O=C(N1CCc2[nH]cnc2[C@H]1c1nc2c(F)cccc2s1)C(F)(F)C1(O)CCC1. The van der Waals surface area contributed by atoms with Gasteiger partial charge in [-0.25, -0.2) is 14.4 Å². The first-order valence-electron chi connectivity index (χ1n) is 9.30. The van der Waals surface area contributed by atoms with Crippen LogP contribution in [0.1, 0.15) is 41.7 Å². The summed E-state index contributed by atoms with van der Waals surface area (Å²) in [4.78, 5) is 25.5. The Kier molecular flexibility index (Phi) is 4.01. The van der Waals surface area contributed by atoms with E-state index in [4.69, 9.17) is 0 Å². The van der Waals surface area contributed by atoms with Crippen molar-refractivity contribution < 1.29 is 23.1 Å². The van der Waals surface area contributed by atoms with Crippen LogP contribution in [0.4, 0.5) is 13.2 Å². The first-order chi connectivity index (χ1) is 13.8. The molecule has 1 atom stereocenters. The number of imidazole rings is 1. The topological polar surface area (TPSA) is 82.1 Å². The number of benzene rings is 1. The molecular formula is C19H17F3N4O2S. The molecule has 0 bridgehead atoms. The summed E-state index contributed by atoms with van der Waals surface area (Å²) in [5.74, 6) is -5.88. The number of aliphatic hydroxyl groups is 1. The molecule has 0 saturated heterocycles. The van der Waals surface area contributed by atoms with Crippen molar-refractivity contribution in [1.82, 2.24) is 19.9 Å². The molecule has 10 heteroatoms. The molecule has 1 aliphatic carbocycles. The molecule has 152 valence electrons. The lowest BCUT2D eigenvalue weighted by atomic mass is 9.74. The standard InChI is InChI=1S/C19H17F3N4O2S/c20-10-3-1-4-12-13(10)25-16(29-12)15-14-11(23-9-24-14)5-8-26(15)17(27)19(21,22)18(28)6-2-7-18/h1,3-4,9,15,28H,2,5-8H2,(H,23,24)/t15-/m0/s1. The third-order valence-corrected chi connectivity index (χ3v) is 6.91. The second-order valence-corrected chi connectivity index (χ2v) is 8.58. The summed E-state index contributed by atoms with van der Waals surface area (Å²) < 4.78 is 44.6. The number of para-hydroxylation sites is 1. The molecule has 2 aromatic heterocycles. The number of nitrogens with one attached hydrogen (secondary N) is 1. The number of rotatable bonds is 3. The number of carbonyl (C=O) groups excluding carboxylic acids is 1. The predicted molar refractivity (Wildman–Crippen MR) is 99.2 cm³/mol. The van der Waals surface area contributed by atoms with Crippen LogP contribution in [-0.2, 0) is 11.2 Å². The normalized spacial score (nSPS) is 21.1. The van der Waals surface area contributed by atoms with E-state index in [1.165, 1.54) is 12.4 Å². The molecule has 1 amide bonds. The van der Waals surface area contributed by atoms with Crippen LogP contribution in [0.3, 0.4) is 0 Å². The molecule has 0 spiro atoms. The van der Waals surface area contributed by atoms with Crippen LogP contribution in [0.15, 0.2) is 24.5 Å². The number of amides is 1. The van der Waals surface area contributed by atoms with E-state index in [0.29, 0.717) is 28.2 Å². The zero-order chi connectivity index (χ0) is 20.4. The maximum atomic E-state index is 14.9. The third kappa shape index (κ3) is 2.62. The summed E-state index contributed by atoms with van der Waals surface area (Å²) >= 11 is 1.14. The largest absolute Gasteiger partial charge is 0.383 e. The van der Waals surface area contributed by atoms with Crippen LogP contribution >= 0.6 is 11.3 Å². The molecule has 6 nitrogen and oxygen atoms in total. The maximum Gasteiger partial charge on any atom is 0.352 e. The fraction of sp³-hybridized carbons (Fsp3) is 0.421. The molecular weight excluding hydrogens is 405 g/mol. The summed E-state index contributed by atoms with van der Waals surface area (Å²) in [6, 6.07) is 3.54. The van der Waals surface area contributed by atoms with E-state index in [1.54, 1.807) is 12.1 Å². The lowest BCUT2D eigenvalue weighted by Crippen LogP contribution is -2.62. The van der Waals surface area contributed by atoms with Crippen LogP contribution < -0.4 is 0 Å². The molecule has 1 saturated carbocycles. The van der Waals surface area contributed by atoms with E-state index in [2.05, 4.69) is 15.0 Å². The molecule has 1 fully saturated rings. The number of thiazole rings is 1. The number of aromatic amines is 1. The number of H-pyrrole nitrogens is 1. The highest BCUT2D eigenvalue weighted by Gasteiger charge is 2.63. The molecule has 0 unspecified atom stereocenters. The van der Waals surface area contributed by atoms with Gasteiger partial charge in [-0.15, -0.1) is 11.3 Å². The number of aromatic nitrogens is 3. The van der Waals surface area contributed by atoms with Crippen molar-refractivity contribution in [1.29, 1.82) is 0 Å². The third-order valence-electron chi connectivity index (χ3n) is 5.84. The van der Waals surface area contributed by atoms with Crippen LogP contribution in [0.25, 0.3) is 10.2 Å². The Morgan fingerprint density at radius 1 is 1.38 bits per heavy atom. The quantitative estimate of drug-likeness (QED) is 0.679. The zero-order valence-electron chi connectivity index (χ0n) is 15.2. The number of alkyl halides is 2. The van der Waals surface area contributed by atoms with Gasteiger partial charge in [-0.2, -0.15) is 8.78 Å². The first-order valence-corrected chi connectivity index (χ1v) is 10.1. The number of carbonyl (C=O) groups is 1. The van der Waals surface area contributed by atoms with Gasteiger partial charge >= 0.3 is 5.92 Å². The van der Waals surface area contributed by atoms with Gasteiger partial charge in [0.25, 0.3) is 5.91 Å². The van der Waals surface area contributed by atoms with Crippen molar-refractivity contribution in [2.75, 3.05) is 6.54 Å². The van der Waals surface area contributed by atoms with E-state index in [1.807, 2.05) is 0 Å². The van der Waals surface area contributed by atoms with Gasteiger partial charge in [0, 0.05) is 18.7 Å². The molecule has 2 N–H and O–H groups in total. The average Bonchev–Trinajstić information content (AvgIpc) is 3.31. The van der Waals surface area contributed by atoms with Crippen LogP contribution in [0.5, 0.6) is 0 Å². The Morgan fingerprint density at radius 3 is 2.86 bits per heavy atom. The van der Waals surface area contributed by atoms with E-state index < -0.39 is 29.3 Å². The minimum absolute atomic E-state index is 0.0166. The van der Waals surface area contributed by atoms with E-state index >= 15 is 0 Å². The van der Waals surface area contributed by atoms with Crippen molar-refractivity contribution in [3.63, 3.8) is 0 Å². The smallest absolute Gasteiger partial charge is 0.352 e. The minimum Gasteiger partial charge on any atom is -0.383 e. The molecule has 1 aliphatic heterocycles. The summed E-state index contributed by atoms with van der Waals surface area (Å²) in [7, 11) is 0. The molecule has 2 aliphatic rings. The monoisotopic (exact) mass is 422 g/mol. The molecule has 0 radical (unpaired) electrons. The number of hydrogen-bond acceptors (Lipinski definition) is 5. The summed E-state index contributed by atoms with van der Waals surface area (Å²) in [5.41, 5.74) is -1.04. The predicted octanol–water partition coefficient (Wildman–Crippen LogP) is 3.18. The second-order valence-electron chi connectivity index (χ2n) is 7.52. The van der Waals surface area contributed by atoms with E-state index in [9.17, 15) is 23.1 Å². The highest BCUT2D eigenvalue weighted by atomic mass is 32.1. The first kappa shape index (κ1) is 18.6. The van der Waals surface area contributed by atoms with E-state index in [0.717, 1.165) is 21.9 Å². The summed E-state index contributed by atoms with van der Waals surface area (Å²) in [6.45, 7) is 0.0166. The minimum atomic E-state index is -3.92. The number of nitrogens with zero attached hydrogens (tertiary/aromatic N) is 3. The van der Waals surface area contributed by atoms with Gasteiger partial charge in [-0.1, -0.05) is 6.07 Å². The van der Waals surface area contributed by atoms with Gasteiger partial charge in [0.1, 0.15) is 28.0 Å². The Morgan fingerprint density at radius 2 is 2.17 bits per heavy atom. The fourth-order valence-corrected chi connectivity index (χ4v) is 5.10. The van der Waals surface area contributed by atoms with Crippen molar-refractivity contribution >= 4 is 27.5 Å². The van der Waals surface area contributed by atoms with Crippen molar-refractivity contribution in [2.45, 2.75) is 43.2 Å². The average molecular weight is 422 g/mol. The second kappa shape index (κ2) is 6.27. The Hall–Kier alpha value is -2.46. The van der Waals surface area contributed by atoms with Crippen molar-refractivity contribution in [2.24, 2.45) is 0 Å². The number of fused-ring (bicyclic) bond motifs is 2. The van der Waals surface area contributed by atoms with Gasteiger partial charge in [0.05, 0.1) is 16.7 Å². The van der Waals surface area contributed by atoms with Crippen LogP contribution in [0, 0.1) is 5.82 Å². The van der Waals surface area contributed by atoms with Crippen molar-refractivity contribution in [3.05, 3.63) is 46.7 Å². The summed E-state index contributed by atoms with van der Waals surface area (Å²) in [5, 5.41) is 10.5. The zero-order valence-corrected chi connectivity index (χ0v) is 16.0. The Balaban J connectivity index is 1.61. The maximum absolute atomic E-state index is 14.9. The number of hydrogen-bond donors (Lipinski definition) is 2. The van der Waals surface area contributed by atoms with Gasteiger partial charge in [-0.3, -0.25) is 4.79 Å². The van der Waals surface area contributed by atoms with Gasteiger partial charge in [0.2, 0.25) is 0 Å². The molecule has 3 aromatic rings. The molecule has 3 heterocycles. The van der Waals surface area contributed by atoms with Gasteiger partial charge in [0.15, 0.2) is 0 Å². The molecule has 1 aromatic carbocycles. The number of halogens is 3. The fourth-order valence-electron chi connectivity index (χ4n) is 4.00. The highest BCUT2D eigenvalue weighted by Crippen LogP contribution is 2.47. The Labute approximate surface area is 167 Å². The summed E-state index contributed by atoms with van der Waals surface area (Å²) in [6.07, 6.45) is 1.97. The van der Waals surface area contributed by atoms with Crippen LogP contribution in [-0.4, -0.2) is 48.9 Å². The molecule has 5 rings (SSSR count). The highest BCUT2D eigenvalue weighted by molar-refractivity contribution is 7.18. The van der Waals surface area contributed by atoms with Gasteiger partial charge < -0.3 is 15.0 Å². The van der Waals surface area contributed by atoms with Crippen molar-refractivity contribution in [3.8, 4) is 0 Å². The lowest BCUT2D eigenvalue weighted by Gasteiger charge is -2.44. The van der Waals surface area contributed by atoms with Crippen LogP contribution in [0.2, 0.25) is 0 Å². The van der Waals surface area contributed by atoms with E-state index in [-0.39, 0.29) is 24.9 Å². The molecule has 29 heavy (non-hydrogen) atoms.